The molecule has 2 aromatic heterocycles. The number of hydrogen-bond donors (Lipinski definition) is 2. The van der Waals surface area contributed by atoms with Crippen LogP contribution in [0.4, 0.5) is 5.69 Å². The van der Waals surface area contributed by atoms with E-state index in [1.54, 1.807) is 22.7 Å². The van der Waals surface area contributed by atoms with Crippen LogP contribution < -0.4 is 15.4 Å². The Bertz CT molecular complexity index is 1250. The number of aryl methyl sites for hydroxylation is 1. The van der Waals surface area contributed by atoms with Crippen molar-refractivity contribution in [2.45, 2.75) is 20.3 Å². The van der Waals surface area contributed by atoms with E-state index in [9.17, 15) is 4.79 Å². The van der Waals surface area contributed by atoms with E-state index < -0.39 is 0 Å². The molecule has 0 radical (unpaired) electrons. The third-order valence-corrected chi connectivity index (χ3v) is 5.46. The normalized spacial score (nSPS) is 10.8. The van der Waals surface area contributed by atoms with Crippen LogP contribution in [0.3, 0.4) is 0 Å². The maximum Gasteiger partial charge on any atom is 0.257 e. The standard InChI is InChI=1S/C21H20N6O2S2/c1-3-10-29-17-9-5-6-14(12-17)18(28)23-20(30)22-16-8-4-7-15(11-16)19-26-27-13(2)24-25-21(27)31-19/h4-9,11-12H,3,10H2,1-2H3,(H2,22,23,28,30). The van der Waals surface area contributed by atoms with Crippen molar-refractivity contribution in [2.24, 2.45) is 0 Å². The first kappa shape index (κ1) is 20.9. The molecule has 1 amide bonds. The lowest BCUT2D eigenvalue weighted by Gasteiger charge is -2.11. The molecule has 0 bridgehead atoms. The molecule has 2 heterocycles. The maximum atomic E-state index is 12.5. The zero-order valence-corrected chi connectivity index (χ0v) is 18.6. The lowest BCUT2D eigenvalue weighted by molar-refractivity contribution is 0.0977. The number of aromatic nitrogens is 4. The molecule has 0 unspecified atom stereocenters. The first-order valence-electron chi connectivity index (χ1n) is 9.68. The number of amides is 1. The van der Waals surface area contributed by atoms with E-state index in [1.165, 1.54) is 11.3 Å². The maximum absolute atomic E-state index is 12.5. The van der Waals surface area contributed by atoms with Crippen molar-refractivity contribution < 1.29 is 9.53 Å². The molecule has 0 fully saturated rings. The van der Waals surface area contributed by atoms with Crippen molar-refractivity contribution >= 4 is 45.2 Å². The van der Waals surface area contributed by atoms with Gasteiger partial charge in [0.25, 0.3) is 5.91 Å². The SMILES string of the molecule is CCCOc1cccc(C(=O)NC(=S)Nc2cccc(-c3nn4c(C)nnc4s3)c2)c1. The highest BCUT2D eigenvalue weighted by Crippen LogP contribution is 2.27. The second kappa shape index (κ2) is 9.19. The van der Waals surface area contributed by atoms with Crippen molar-refractivity contribution in [2.75, 3.05) is 11.9 Å². The number of hydrogen-bond acceptors (Lipinski definition) is 7. The van der Waals surface area contributed by atoms with Crippen LogP contribution in [-0.2, 0) is 0 Å². The predicted molar refractivity (Wildman–Crippen MR) is 125 cm³/mol. The Labute approximate surface area is 188 Å². The monoisotopic (exact) mass is 452 g/mol. The summed E-state index contributed by atoms with van der Waals surface area (Å²) in [4.78, 5) is 13.3. The van der Waals surface area contributed by atoms with Crippen molar-refractivity contribution in [3.8, 4) is 16.3 Å². The van der Waals surface area contributed by atoms with Crippen LogP contribution in [0.1, 0.15) is 29.5 Å². The van der Waals surface area contributed by atoms with Gasteiger partial charge in [-0.3, -0.25) is 10.1 Å². The number of nitrogens with zero attached hydrogens (tertiary/aromatic N) is 4. The molecule has 4 rings (SSSR count). The summed E-state index contributed by atoms with van der Waals surface area (Å²) >= 11 is 6.77. The van der Waals surface area contributed by atoms with Crippen molar-refractivity contribution in [3.63, 3.8) is 0 Å². The number of rotatable bonds is 6. The van der Waals surface area contributed by atoms with Crippen LogP contribution in [0.5, 0.6) is 5.75 Å². The molecular formula is C21H20N6O2S2. The van der Waals surface area contributed by atoms with Gasteiger partial charge in [0.2, 0.25) is 4.96 Å². The topological polar surface area (TPSA) is 93.4 Å². The number of ether oxygens (including phenoxy) is 1. The zero-order chi connectivity index (χ0) is 21.8. The quantitative estimate of drug-likeness (QED) is 0.426. The fraction of sp³-hybridized carbons (Fsp3) is 0.190. The van der Waals surface area contributed by atoms with Gasteiger partial charge in [-0.15, -0.1) is 10.2 Å². The average Bonchev–Trinajstić information content (AvgIpc) is 3.34. The van der Waals surface area contributed by atoms with E-state index >= 15 is 0 Å². The van der Waals surface area contributed by atoms with E-state index in [4.69, 9.17) is 17.0 Å². The molecule has 8 nitrogen and oxygen atoms in total. The molecule has 4 aromatic rings. The summed E-state index contributed by atoms with van der Waals surface area (Å²) in [5.41, 5.74) is 2.13. The van der Waals surface area contributed by atoms with Gasteiger partial charge in [-0.05, 0) is 55.9 Å². The van der Waals surface area contributed by atoms with Gasteiger partial charge in [-0.25, -0.2) is 0 Å². The predicted octanol–water partition coefficient (Wildman–Crippen LogP) is 4.08. The van der Waals surface area contributed by atoms with Crippen LogP contribution in [-0.4, -0.2) is 37.4 Å². The number of anilines is 1. The second-order valence-electron chi connectivity index (χ2n) is 6.71. The molecule has 0 saturated heterocycles. The lowest BCUT2D eigenvalue weighted by atomic mass is 10.2. The minimum Gasteiger partial charge on any atom is -0.494 e. The molecule has 0 aliphatic rings. The van der Waals surface area contributed by atoms with Gasteiger partial charge >= 0.3 is 0 Å². The summed E-state index contributed by atoms with van der Waals surface area (Å²) in [5.74, 6) is 1.08. The van der Waals surface area contributed by atoms with Crippen LogP contribution in [0.2, 0.25) is 0 Å². The first-order chi connectivity index (χ1) is 15.0. The van der Waals surface area contributed by atoms with Gasteiger partial charge in [0, 0.05) is 16.8 Å². The van der Waals surface area contributed by atoms with Gasteiger partial charge in [-0.2, -0.15) is 9.61 Å². The molecule has 158 valence electrons. The number of carbonyl (C=O) groups excluding carboxylic acids is 1. The smallest absolute Gasteiger partial charge is 0.257 e. The zero-order valence-electron chi connectivity index (χ0n) is 17.0. The Hall–Kier alpha value is -3.37. The highest BCUT2D eigenvalue weighted by molar-refractivity contribution is 7.80. The van der Waals surface area contributed by atoms with E-state index in [0.29, 0.717) is 17.9 Å². The summed E-state index contributed by atoms with van der Waals surface area (Å²) in [5, 5.41) is 19.4. The van der Waals surface area contributed by atoms with Crippen molar-refractivity contribution in [3.05, 3.63) is 59.9 Å². The number of nitrogens with one attached hydrogen (secondary N) is 2. The minimum absolute atomic E-state index is 0.205. The number of thiocarbonyl (C=S) groups is 1. The van der Waals surface area contributed by atoms with E-state index in [1.807, 2.05) is 44.2 Å². The van der Waals surface area contributed by atoms with Gasteiger partial charge in [0.15, 0.2) is 10.9 Å². The number of benzene rings is 2. The van der Waals surface area contributed by atoms with Crippen LogP contribution in [0, 0.1) is 6.92 Å². The molecule has 0 saturated carbocycles. The summed E-state index contributed by atoms with van der Waals surface area (Å²) in [6, 6.07) is 14.6. The highest BCUT2D eigenvalue weighted by Gasteiger charge is 2.12. The van der Waals surface area contributed by atoms with Gasteiger partial charge in [0.1, 0.15) is 10.8 Å². The van der Waals surface area contributed by atoms with Gasteiger partial charge in [-0.1, -0.05) is 36.5 Å². The fourth-order valence-electron chi connectivity index (χ4n) is 2.85. The Morgan fingerprint density at radius 2 is 2.03 bits per heavy atom. The molecule has 31 heavy (non-hydrogen) atoms. The van der Waals surface area contributed by atoms with E-state index in [2.05, 4.69) is 25.9 Å². The van der Waals surface area contributed by atoms with Gasteiger partial charge in [0.05, 0.1) is 6.61 Å². The molecule has 2 aromatic carbocycles. The summed E-state index contributed by atoms with van der Waals surface area (Å²) in [6.07, 6.45) is 0.897. The van der Waals surface area contributed by atoms with Crippen molar-refractivity contribution in [1.29, 1.82) is 0 Å². The molecular weight excluding hydrogens is 432 g/mol. The fourth-order valence-corrected chi connectivity index (χ4v) is 3.94. The molecule has 0 atom stereocenters. The second-order valence-corrected chi connectivity index (χ2v) is 8.08. The highest BCUT2D eigenvalue weighted by atomic mass is 32.1. The summed E-state index contributed by atoms with van der Waals surface area (Å²) in [7, 11) is 0. The Balaban J connectivity index is 1.43. The Morgan fingerprint density at radius 3 is 2.84 bits per heavy atom. The molecule has 0 aliphatic heterocycles. The largest absolute Gasteiger partial charge is 0.494 e. The number of carbonyl (C=O) groups is 1. The molecule has 0 spiro atoms. The number of fused-ring (bicyclic) bond motifs is 1. The van der Waals surface area contributed by atoms with E-state index in [0.717, 1.165) is 33.5 Å². The van der Waals surface area contributed by atoms with Gasteiger partial charge < -0.3 is 10.1 Å². The van der Waals surface area contributed by atoms with Crippen LogP contribution >= 0.6 is 23.6 Å². The third kappa shape index (κ3) is 4.86. The summed E-state index contributed by atoms with van der Waals surface area (Å²) < 4.78 is 7.29. The molecule has 0 aliphatic carbocycles. The van der Waals surface area contributed by atoms with Crippen LogP contribution in [0.25, 0.3) is 15.5 Å². The Kier molecular flexibility index (Phi) is 6.19. The third-order valence-electron chi connectivity index (χ3n) is 4.31. The molecule has 2 N–H and O–H groups in total. The first-order valence-corrected chi connectivity index (χ1v) is 10.9. The lowest BCUT2D eigenvalue weighted by Crippen LogP contribution is -2.34. The Morgan fingerprint density at radius 1 is 1.19 bits per heavy atom. The summed E-state index contributed by atoms with van der Waals surface area (Å²) in [6.45, 7) is 4.48. The van der Waals surface area contributed by atoms with E-state index in [-0.39, 0.29) is 11.0 Å². The minimum atomic E-state index is -0.306. The van der Waals surface area contributed by atoms with Crippen molar-refractivity contribution in [1.82, 2.24) is 25.1 Å². The average molecular weight is 453 g/mol. The molecule has 10 heteroatoms. The van der Waals surface area contributed by atoms with Crippen LogP contribution in [0.15, 0.2) is 48.5 Å².